The predicted octanol–water partition coefficient (Wildman–Crippen LogP) is 4.42. The van der Waals surface area contributed by atoms with Gasteiger partial charge < -0.3 is 10.1 Å². The number of rotatable bonds is 5. The highest BCUT2D eigenvalue weighted by Crippen LogP contribution is 2.27. The molecule has 0 fully saturated rings. The third-order valence-corrected chi connectivity index (χ3v) is 4.64. The normalized spacial score (nSPS) is 10.9. The van der Waals surface area contributed by atoms with Crippen LogP contribution in [0.25, 0.3) is 16.9 Å². The van der Waals surface area contributed by atoms with Crippen molar-refractivity contribution in [1.82, 2.24) is 19.8 Å². The zero-order valence-electron chi connectivity index (χ0n) is 15.3. The lowest BCUT2D eigenvalue weighted by molar-refractivity contribution is -0.118. The van der Waals surface area contributed by atoms with Gasteiger partial charge in [0.25, 0.3) is 5.91 Å². The van der Waals surface area contributed by atoms with Crippen LogP contribution in [0.15, 0.2) is 54.6 Å². The summed E-state index contributed by atoms with van der Waals surface area (Å²) in [6.07, 6.45) is 0. The summed E-state index contributed by atoms with van der Waals surface area (Å²) in [7, 11) is 0. The highest BCUT2D eigenvalue weighted by molar-refractivity contribution is 6.35. The van der Waals surface area contributed by atoms with E-state index in [0.717, 1.165) is 11.3 Å². The summed E-state index contributed by atoms with van der Waals surface area (Å²) in [6.45, 7) is 1.65. The first-order chi connectivity index (χ1) is 14.0. The second-order valence-electron chi connectivity index (χ2n) is 6.23. The minimum Gasteiger partial charge on any atom is -0.482 e. The predicted molar refractivity (Wildman–Crippen MR) is 112 cm³/mol. The lowest BCUT2D eigenvalue weighted by atomic mass is 10.1. The second kappa shape index (κ2) is 8.06. The Hall–Kier alpha value is -3.16. The lowest BCUT2D eigenvalue weighted by Gasteiger charge is -2.10. The summed E-state index contributed by atoms with van der Waals surface area (Å²) in [5, 5.41) is 16.2. The molecule has 146 valence electrons. The molecule has 2 aromatic heterocycles. The van der Waals surface area contributed by atoms with Crippen molar-refractivity contribution in [3.63, 3.8) is 0 Å². The molecule has 0 unspecified atom stereocenters. The van der Waals surface area contributed by atoms with E-state index in [9.17, 15) is 4.79 Å². The van der Waals surface area contributed by atoms with Gasteiger partial charge in [-0.3, -0.25) is 4.79 Å². The van der Waals surface area contributed by atoms with E-state index >= 15 is 0 Å². The Bertz CT molecular complexity index is 1210. The number of benzene rings is 2. The number of aromatic nitrogens is 4. The molecule has 0 atom stereocenters. The van der Waals surface area contributed by atoms with Crippen molar-refractivity contribution in [1.29, 1.82) is 0 Å². The number of aryl methyl sites for hydroxylation is 1. The number of fused-ring (bicyclic) bond motifs is 1. The van der Waals surface area contributed by atoms with Crippen LogP contribution < -0.4 is 10.1 Å². The van der Waals surface area contributed by atoms with E-state index in [4.69, 9.17) is 27.9 Å². The molecule has 2 heterocycles. The Labute approximate surface area is 176 Å². The van der Waals surface area contributed by atoms with Gasteiger partial charge in [-0.25, -0.2) is 0 Å². The molecule has 0 radical (unpaired) electrons. The number of halogens is 2. The molecule has 0 aliphatic heterocycles. The molecule has 7 nitrogen and oxygen atoms in total. The number of amides is 1. The van der Waals surface area contributed by atoms with Crippen LogP contribution in [0.1, 0.15) is 5.82 Å². The smallest absolute Gasteiger partial charge is 0.262 e. The van der Waals surface area contributed by atoms with Crippen molar-refractivity contribution < 1.29 is 9.53 Å². The number of carbonyl (C=O) groups is 1. The minimum atomic E-state index is -0.314. The van der Waals surface area contributed by atoms with Gasteiger partial charge in [0.05, 0.1) is 10.7 Å². The number of anilines is 1. The molecular formula is C20H15Cl2N5O2. The Morgan fingerprint density at radius 3 is 2.79 bits per heavy atom. The zero-order valence-corrected chi connectivity index (χ0v) is 16.8. The highest BCUT2D eigenvalue weighted by atomic mass is 35.5. The van der Waals surface area contributed by atoms with Crippen LogP contribution in [0, 0.1) is 6.92 Å². The van der Waals surface area contributed by atoms with E-state index < -0.39 is 0 Å². The molecule has 0 aliphatic carbocycles. The Kier molecular flexibility index (Phi) is 5.33. The third kappa shape index (κ3) is 4.31. The maximum Gasteiger partial charge on any atom is 0.262 e. The molecule has 2 aromatic carbocycles. The first-order valence-electron chi connectivity index (χ1n) is 8.67. The average molecular weight is 428 g/mol. The van der Waals surface area contributed by atoms with Gasteiger partial charge in [0, 0.05) is 16.3 Å². The molecule has 1 amide bonds. The quantitative estimate of drug-likeness (QED) is 0.509. The molecule has 9 heteroatoms. The van der Waals surface area contributed by atoms with Crippen molar-refractivity contribution in [3.05, 3.63) is 70.5 Å². The molecule has 4 rings (SSSR count). The van der Waals surface area contributed by atoms with E-state index in [1.54, 1.807) is 28.8 Å². The fourth-order valence-corrected chi connectivity index (χ4v) is 3.20. The van der Waals surface area contributed by atoms with Crippen LogP contribution in [0.2, 0.25) is 10.0 Å². The molecule has 0 spiro atoms. The lowest BCUT2D eigenvalue weighted by Crippen LogP contribution is -2.20. The largest absolute Gasteiger partial charge is 0.482 e. The van der Waals surface area contributed by atoms with Crippen molar-refractivity contribution in [3.8, 4) is 17.0 Å². The average Bonchev–Trinajstić information content (AvgIpc) is 3.08. The van der Waals surface area contributed by atoms with Crippen LogP contribution in [0.5, 0.6) is 5.75 Å². The van der Waals surface area contributed by atoms with E-state index in [-0.39, 0.29) is 12.5 Å². The van der Waals surface area contributed by atoms with Gasteiger partial charge in [-0.2, -0.15) is 9.61 Å². The van der Waals surface area contributed by atoms with Crippen LogP contribution in [-0.4, -0.2) is 32.3 Å². The van der Waals surface area contributed by atoms with E-state index in [2.05, 4.69) is 20.6 Å². The summed E-state index contributed by atoms with van der Waals surface area (Å²) in [5.41, 5.74) is 2.88. The first kappa shape index (κ1) is 19.2. The summed E-state index contributed by atoms with van der Waals surface area (Å²) in [6, 6.07) is 15.9. The standard InChI is InChI=1S/C20H15Cl2N5O2/c1-12-24-25-19-8-6-17(26-27(12)19)13-3-2-4-15(9-13)23-20(28)11-29-18-7-5-14(21)10-16(18)22/h2-10H,11H2,1H3,(H,23,28). The number of ether oxygens (including phenoxy) is 1. The minimum absolute atomic E-state index is 0.185. The number of nitrogens with one attached hydrogen (secondary N) is 1. The summed E-state index contributed by atoms with van der Waals surface area (Å²) in [5.74, 6) is 0.775. The number of hydrogen-bond donors (Lipinski definition) is 1. The molecule has 4 aromatic rings. The van der Waals surface area contributed by atoms with Crippen LogP contribution >= 0.6 is 23.2 Å². The Morgan fingerprint density at radius 1 is 1.10 bits per heavy atom. The summed E-state index contributed by atoms with van der Waals surface area (Å²) in [4.78, 5) is 12.3. The van der Waals surface area contributed by atoms with E-state index in [1.807, 2.05) is 37.3 Å². The fraction of sp³-hybridized carbons (Fsp3) is 0.100. The monoisotopic (exact) mass is 427 g/mol. The van der Waals surface area contributed by atoms with Crippen LogP contribution in [0.4, 0.5) is 5.69 Å². The van der Waals surface area contributed by atoms with Gasteiger partial charge in [-0.05, 0) is 49.4 Å². The highest BCUT2D eigenvalue weighted by Gasteiger charge is 2.09. The van der Waals surface area contributed by atoms with Gasteiger partial charge in [0.2, 0.25) is 0 Å². The number of nitrogens with zero attached hydrogens (tertiary/aromatic N) is 4. The van der Waals surface area contributed by atoms with Gasteiger partial charge in [-0.15, -0.1) is 10.2 Å². The molecular weight excluding hydrogens is 413 g/mol. The summed E-state index contributed by atoms with van der Waals surface area (Å²) >= 11 is 11.9. The molecule has 0 bridgehead atoms. The SMILES string of the molecule is Cc1nnc2ccc(-c3cccc(NC(=O)COc4ccc(Cl)cc4Cl)c3)nn12. The molecule has 0 aliphatic rings. The molecule has 29 heavy (non-hydrogen) atoms. The molecule has 0 saturated carbocycles. The van der Waals surface area contributed by atoms with Crippen molar-refractivity contribution in [2.45, 2.75) is 6.92 Å². The fourth-order valence-electron chi connectivity index (χ4n) is 2.74. The van der Waals surface area contributed by atoms with Crippen molar-refractivity contribution >= 4 is 40.4 Å². The van der Waals surface area contributed by atoms with Crippen molar-refractivity contribution in [2.75, 3.05) is 11.9 Å². The first-order valence-corrected chi connectivity index (χ1v) is 9.42. The van der Waals surface area contributed by atoms with Gasteiger partial charge in [0.15, 0.2) is 18.1 Å². The maximum absolute atomic E-state index is 12.3. The number of carbonyl (C=O) groups excluding carboxylic acids is 1. The van der Waals surface area contributed by atoms with Crippen LogP contribution in [-0.2, 0) is 4.79 Å². The van der Waals surface area contributed by atoms with Crippen molar-refractivity contribution in [2.24, 2.45) is 0 Å². The summed E-state index contributed by atoms with van der Waals surface area (Å²) < 4.78 is 7.13. The number of hydrogen-bond acceptors (Lipinski definition) is 5. The molecule has 1 N–H and O–H groups in total. The van der Waals surface area contributed by atoms with E-state index in [1.165, 1.54) is 0 Å². The van der Waals surface area contributed by atoms with Gasteiger partial charge in [0.1, 0.15) is 5.75 Å². The Morgan fingerprint density at radius 2 is 1.97 bits per heavy atom. The Balaban J connectivity index is 1.46. The van der Waals surface area contributed by atoms with E-state index in [0.29, 0.717) is 33.0 Å². The van der Waals surface area contributed by atoms with Crippen LogP contribution in [0.3, 0.4) is 0 Å². The van der Waals surface area contributed by atoms with Gasteiger partial charge in [-0.1, -0.05) is 35.3 Å². The topological polar surface area (TPSA) is 81.4 Å². The van der Waals surface area contributed by atoms with Gasteiger partial charge >= 0.3 is 0 Å². The third-order valence-electron chi connectivity index (χ3n) is 4.11. The maximum atomic E-state index is 12.3. The zero-order chi connectivity index (χ0) is 20.4. The second-order valence-corrected chi connectivity index (χ2v) is 7.07. The molecule has 0 saturated heterocycles.